The third kappa shape index (κ3) is 3.71. The highest BCUT2D eigenvalue weighted by molar-refractivity contribution is 5.97. The Hall–Kier alpha value is -3.28. The first kappa shape index (κ1) is 19.5. The number of pyridine rings is 1. The number of nitrogens with zero attached hydrogens (tertiary/aromatic N) is 1. The first-order chi connectivity index (χ1) is 13.5. The van der Waals surface area contributed by atoms with E-state index in [0.29, 0.717) is 17.7 Å². The third-order valence-corrected chi connectivity index (χ3v) is 4.84. The maximum atomic E-state index is 13.0. The summed E-state index contributed by atoms with van der Waals surface area (Å²) < 4.78 is 12.3. The molecule has 1 aromatic heterocycles. The molecule has 6 heteroatoms. The second kappa shape index (κ2) is 8.17. The number of aryl methyl sites for hydroxylation is 1. The number of rotatable bonds is 6. The van der Waals surface area contributed by atoms with Crippen LogP contribution in [0.2, 0.25) is 0 Å². The maximum absolute atomic E-state index is 13.0. The van der Waals surface area contributed by atoms with Crippen LogP contribution in [-0.4, -0.2) is 24.7 Å². The Bertz CT molecular complexity index is 1050. The Morgan fingerprint density at radius 3 is 2.32 bits per heavy atom. The van der Waals surface area contributed by atoms with Gasteiger partial charge in [0.05, 0.1) is 31.2 Å². The Morgan fingerprint density at radius 1 is 1.07 bits per heavy atom. The van der Waals surface area contributed by atoms with E-state index in [2.05, 4.69) is 5.32 Å². The predicted molar refractivity (Wildman–Crippen MR) is 109 cm³/mol. The van der Waals surface area contributed by atoms with Crippen molar-refractivity contribution in [2.24, 2.45) is 0 Å². The Morgan fingerprint density at radius 2 is 1.71 bits per heavy atom. The molecule has 0 fully saturated rings. The summed E-state index contributed by atoms with van der Waals surface area (Å²) in [6.45, 7) is 4.48. The lowest BCUT2D eigenvalue weighted by atomic mass is 10.1. The minimum Gasteiger partial charge on any atom is -0.497 e. The number of nitrogens with one attached hydrogen (secondary N) is 1. The molecule has 2 aromatic carbocycles. The lowest BCUT2D eigenvalue weighted by molar-refractivity contribution is 0.0938. The normalized spacial score (nSPS) is 11.9. The number of amides is 1. The minimum atomic E-state index is -0.403. The van der Waals surface area contributed by atoms with Gasteiger partial charge in [-0.05, 0) is 49.7 Å². The van der Waals surface area contributed by atoms with Crippen LogP contribution in [0.1, 0.15) is 35.8 Å². The van der Waals surface area contributed by atoms with Gasteiger partial charge in [0.1, 0.15) is 17.1 Å². The zero-order valence-electron chi connectivity index (χ0n) is 16.5. The SMILES string of the molecule is CCn1cc(C(=O)NC(C)c2ccc(OC)cc2)c(=O)c2cc(OC)ccc21. The topological polar surface area (TPSA) is 69.6 Å². The molecule has 0 aliphatic heterocycles. The summed E-state index contributed by atoms with van der Waals surface area (Å²) in [6.07, 6.45) is 1.62. The summed E-state index contributed by atoms with van der Waals surface area (Å²) in [5.74, 6) is 0.924. The molecule has 0 aliphatic rings. The van der Waals surface area contributed by atoms with Crippen LogP contribution in [0.25, 0.3) is 10.9 Å². The molecular formula is C22H24N2O4. The van der Waals surface area contributed by atoms with E-state index in [1.165, 1.54) is 0 Å². The fourth-order valence-electron chi connectivity index (χ4n) is 3.18. The highest BCUT2D eigenvalue weighted by Gasteiger charge is 2.18. The van der Waals surface area contributed by atoms with E-state index >= 15 is 0 Å². The standard InChI is InChI=1S/C22H24N2O4/c1-5-24-13-19(21(25)18-12-17(28-4)10-11-20(18)24)22(26)23-14(2)15-6-8-16(27-3)9-7-15/h6-14H,5H2,1-4H3,(H,23,26). The van der Waals surface area contributed by atoms with Gasteiger partial charge in [0.25, 0.3) is 5.91 Å². The molecule has 0 spiro atoms. The van der Waals surface area contributed by atoms with Crippen molar-refractivity contribution >= 4 is 16.8 Å². The molecular weight excluding hydrogens is 356 g/mol. The monoisotopic (exact) mass is 380 g/mol. The van der Waals surface area contributed by atoms with Crippen molar-refractivity contribution in [2.45, 2.75) is 26.4 Å². The smallest absolute Gasteiger partial charge is 0.257 e. The zero-order chi connectivity index (χ0) is 20.3. The van der Waals surface area contributed by atoms with Crippen molar-refractivity contribution in [3.05, 3.63) is 70.0 Å². The molecule has 0 bridgehead atoms. The molecule has 0 radical (unpaired) electrons. The average Bonchev–Trinajstić information content (AvgIpc) is 2.73. The van der Waals surface area contributed by atoms with Gasteiger partial charge in [0.15, 0.2) is 0 Å². The summed E-state index contributed by atoms with van der Waals surface area (Å²) in [6, 6.07) is 12.5. The van der Waals surface area contributed by atoms with Gasteiger partial charge in [-0.25, -0.2) is 0 Å². The zero-order valence-corrected chi connectivity index (χ0v) is 16.5. The van der Waals surface area contributed by atoms with Crippen LogP contribution >= 0.6 is 0 Å². The molecule has 1 unspecified atom stereocenters. The van der Waals surface area contributed by atoms with E-state index in [-0.39, 0.29) is 17.0 Å². The van der Waals surface area contributed by atoms with Crippen LogP contribution in [0.3, 0.4) is 0 Å². The number of benzene rings is 2. The fraction of sp³-hybridized carbons (Fsp3) is 0.273. The molecule has 3 rings (SSSR count). The number of hydrogen-bond donors (Lipinski definition) is 1. The van der Waals surface area contributed by atoms with Crippen molar-refractivity contribution in [3.8, 4) is 11.5 Å². The van der Waals surface area contributed by atoms with E-state index < -0.39 is 5.91 Å². The average molecular weight is 380 g/mol. The largest absolute Gasteiger partial charge is 0.497 e. The Balaban J connectivity index is 1.96. The van der Waals surface area contributed by atoms with Crippen LogP contribution in [-0.2, 0) is 6.54 Å². The molecule has 0 aliphatic carbocycles. The van der Waals surface area contributed by atoms with E-state index in [1.54, 1.807) is 32.5 Å². The summed E-state index contributed by atoms with van der Waals surface area (Å²) in [4.78, 5) is 25.8. The lowest BCUT2D eigenvalue weighted by Gasteiger charge is -2.16. The van der Waals surface area contributed by atoms with E-state index in [9.17, 15) is 9.59 Å². The van der Waals surface area contributed by atoms with Gasteiger partial charge in [-0.3, -0.25) is 9.59 Å². The lowest BCUT2D eigenvalue weighted by Crippen LogP contribution is -2.31. The number of hydrogen-bond acceptors (Lipinski definition) is 4. The summed E-state index contributed by atoms with van der Waals surface area (Å²) in [5.41, 5.74) is 1.50. The highest BCUT2D eigenvalue weighted by Crippen LogP contribution is 2.20. The van der Waals surface area contributed by atoms with Gasteiger partial charge >= 0.3 is 0 Å². The van der Waals surface area contributed by atoms with Crippen molar-refractivity contribution in [1.82, 2.24) is 9.88 Å². The van der Waals surface area contributed by atoms with Crippen LogP contribution in [0.15, 0.2) is 53.5 Å². The molecule has 3 aromatic rings. The van der Waals surface area contributed by atoms with Crippen LogP contribution in [0, 0.1) is 0 Å². The maximum Gasteiger partial charge on any atom is 0.257 e. The van der Waals surface area contributed by atoms with Gasteiger partial charge in [0, 0.05) is 12.7 Å². The highest BCUT2D eigenvalue weighted by atomic mass is 16.5. The molecule has 1 heterocycles. The number of carbonyl (C=O) groups is 1. The van der Waals surface area contributed by atoms with Crippen molar-refractivity contribution in [3.63, 3.8) is 0 Å². The molecule has 146 valence electrons. The Labute approximate surface area is 163 Å². The first-order valence-corrected chi connectivity index (χ1v) is 9.14. The van der Waals surface area contributed by atoms with Crippen molar-refractivity contribution < 1.29 is 14.3 Å². The molecule has 1 amide bonds. The number of ether oxygens (including phenoxy) is 2. The van der Waals surface area contributed by atoms with Gasteiger partial charge in [-0.2, -0.15) is 0 Å². The molecule has 1 atom stereocenters. The quantitative estimate of drug-likeness (QED) is 0.710. The second-order valence-electron chi connectivity index (χ2n) is 6.51. The van der Waals surface area contributed by atoms with Crippen LogP contribution in [0.5, 0.6) is 11.5 Å². The fourth-order valence-corrected chi connectivity index (χ4v) is 3.18. The summed E-state index contributed by atoms with van der Waals surface area (Å²) in [5, 5.41) is 3.37. The third-order valence-electron chi connectivity index (χ3n) is 4.84. The van der Waals surface area contributed by atoms with Crippen LogP contribution in [0.4, 0.5) is 0 Å². The molecule has 0 saturated carbocycles. The predicted octanol–water partition coefficient (Wildman–Crippen LogP) is 3.53. The number of fused-ring (bicyclic) bond motifs is 1. The van der Waals surface area contributed by atoms with Gasteiger partial charge in [0.2, 0.25) is 5.43 Å². The van der Waals surface area contributed by atoms with Gasteiger partial charge in [-0.1, -0.05) is 12.1 Å². The summed E-state index contributed by atoms with van der Waals surface area (Å²) in [7, 11) is 3.15. The molecule has 1 N–H and O–H groups in total. The number of methoxy groups -OCH3 is 2. The Kier molecular flexibility index (Phi) is 5.68. The molecule has 28 heavy (non-hydrogen) atoms. The number of carbonyl (C=O) groups excluding carboxylic acids is 1. The minimum absolute atomic E-state index is 0.114. The molecule has 6 nitrogen and oxygen atoms in total. The first-order valence-electron chi connectivity index (χ1n) is 9.14. The van der Waals surface area contributed by atoms with E-state index in [4.69, 9.17) is 9.47 Å². The van der Waals surface area contributed by atoms with Gasteiger partial charge in [-0.15, -0.1) is 0 Å². The molecule has 0 saturated heterocycles. The van der Waals surface area contributed by atoms with Gasteiger partial charge < -0.3 is 19.4 Å². The van der Waals surface area contributed by atoms with E-state index in [0.717, 1.165) is 16.8 Å². The van der Waals surface area contributed by atoms with Crippen LogP contribution < -0.4 is 20.2 Å². The number of aromatic nitrogens is 1. The van der Waals surface area contributed by atoms with E-state index in [1.807, 2.05) is 48.7 Å². The summed E-state index contributed by atoms with van der Waals surface area (Å²) >= 11 is 0. The van der Waals surface area contributed by atoms with Crippen molar-refractivity contribution in [1.29, 1.82) is 0 Å². The van der Waals surface area contributed by atoms with Crippen molar-refractivity contribution in [2.75, 3.05) is 14.2 Å². The second-order valence-corrected chi connectivity index (χ2v) is 6.51.